The summed E-state index contributed by atoms with van der Waals surface area (Å²) in [5.74, 6) is 1.15. The molecule has 1 heterocycles. The molecule has 1 aromatic heterocycles. The molecule has 7 heteroatoms. The van der Waals surface area contributed by atoms with Crippen LogP contribution in [-0.2, 0) is 22.6 Å². The second-order valence-electron chi connectivity index (χ2n) is 9.05. The van der Waals surface area contributed by atoms with Crippen LogP contribution in [0.3, 0.4) is 0 Å². The summed E-state index contributed by atoms with van der Waals surface area (Å²) in [6.45, 7) is 8.05. The van der Waals surface area contributed by atoms with Crippen molar-refractivity contribution in [1.29, 1.82) is 0 Å². The SMILES string of the molecule is CC.Cc1noc(-c2ccc(-c3ccc4c(c3)CCCC4C)cc2)c1NC(=O)OCc1ccccc1.O=CO. The van der Waals surface area contributed by atoms with Crippen LogP contribution in [0.1, 0.15) is 61.9 Å². The number of benzene rings is 3. The molecule has 0 aliphatic heterocycles. The average molecular weight is 529 g/mol. The summed E-state index contributed by atoms with van der Waals surface area (Å²) in [5, 5.41) is 13.7. The Balaban J connectivity index is 0.000000787. The maximum absolute atomic E-state index is 12.4. The molecule has 1 aliphatic carbocycles. The predicted octanol–water partition coefficient (Wildman–Crippen LogP) is 8.23. The van der Waals surface area contributed by atoms with E-state index < -0.39 is 6.09 Å². The van der Waals surface area contributed by atoms with Crippen molar-refractivity contribution >= 4 is 18.3 Å². The number of carboxylic acid groups (broad SMARTS) is 1. The van der Waals surface area contributed by atoms with Gasteiger partial charge in [0.25, 0.3) is 6.47 Å². The van der Waals surface area contributed by atoms with Gasteiger partial charge in [0, 0.05) is 5.56 Å². The van der Waals surface area contributed by atoms with Gasteiger partial charge in [-0.3, -0.25) is 10.1 Å². The van der Waals surface area contributed by atoms with E-state index in [0.717, 1.165) is 23.1 Å². The van der Waals surface area contributed by atoms with Gasteiger partial charge in [0.15, 0.2) is 5.76 Å². The first kappa shape index (κ1) is 29.2. The lowest BCUT2D eigenvalue weighted by molar-refractivity contribution is -0.122. The summed E-state index contributed by atoms with van der Waals surface area (Å²) in [5.41, 5.74) is 8.20. The first-order valence-electron chi connectivity index (χ1n) is 13.3. The molecule has 0 fully saturated rings. The quantitative estimate of drug-likeness (QED) is 0.253. The number of nitrogens with one attached hydrogen (secondary N) is 1. The molecule has 204 valence electrons. The van der Waals surface area contributed by atoms with E-state index in [1.807, 2.05) is 56.3 Å². The Morgan fingerprint density at radius 1 is 1.05 bits per heavy atom. The Hall–Kier alpha value is -4.39. The van der Waals surface area contributed by atoms with Crippen LogP contribution < -0.4 is 5.32 Å². The van der Waals surface area contributed by atoms with Crippen LogP contribution in [0.15, 0.2) is 77.3 Å². The molecular formula is C32H36N2O5. The first-order chi connectivity index (χ1) is 19.0. The Bertz CT molecular complexity index is 1350. The average Bonchev–Trinajstić information content (AvgIpc) is 3.33. The molecule has 0 saturated heterocycles. The Kier molecular flexibility index (Phi) is 10.9. The van der Waals surface area contributed by atoms with E-state index in [0.29, 0.717) is 23.1 Å². The summed E-state index contributed by atoms with van der Waals surface area (Å²) < 4.78 is 10.9. The highest BCUT2D eigenvalue weighted by molar-refractivity contribution is 5.91. The van der Waals surface area contributed by atoms with Gasteiger partial charge in [-0.2, -0.15) is 0 Å². The summed E-state index contributed by atoms with van der Waals surface area (Å²) in [4.78, 5) is 20.8. The number of hydrogen-bond donors (Lipinski definition) is 2. The van der Waals surface area contributed by atoms with Gasteiger partial charge in [-0.05, 0) is 59.9 Å². The number of nitrogens with zero attached hydrogens (tertiary/aromatic N) is 1. The summed E-state index contributed by atoms with van der Waals surface area (Å²) >= 11 is 0. The molecule has 1 atom stereocenters. The highest BCUT2D eigenvalue weighted by Gasteiger charge is 2.19. The number of carbonyl (C=O) groups is 2. The molecule has 4 aromatic rings. The molecule has 0 spiro atoms. The zero-order valence-electron chi connectivity index (χ0n) is 22.9. The number of anilines is 1. The van der Waals surface area contributed by atoms with Crippen molar-refractivity contribution in [2.24, 2.45) is 0 Å². The molecule has 0 bridgehead atoms. The largest absolute Gasteiger partial charge is 0.483 e. The lowest BCUT2D eigenvalue weighted by atomic mass is 9.82. The maximum atomic E-state index is 12.4. The van der Waals surface area contributed by atoms with Crippen molar-refractivity contribution in [2.45, 2.75) is 59.5 Å². The van der Waals surface area contributed by atoms with E-state index in [2.05, 4.69) is 47.7 Å². The van der Waals surface area contributed by atoms with Gasteiger partial charge >= 0.3 is 6.09 Å². The minimum absolute atomic E-state index is 0.195. The Labute approximate surface area is 229 Å². The maximum Gasteiger partial charge on any atom is 0.412 e. The number of aromatic nitrogens is 1. The number of hydrogen-bond acceptors (Lipinski definition) is 5. The van der Waals surface area contributed by atoms with Gasteiger partial charge in [0.2, 0.25) is 0 Å². The number of aryl methyl sites for hydroxylation is 2. The molecule has 0 saturated carbocycles. The Morgan fingerprint density at radius 2 is 1.69 bits per heavy atom. The number of amides is 1. The Morgan fingerprint density at radius 3 is 2.38 bits per heavy atom. The molecule has 1 aliphatic rings. The van der Waals surface area contributed by atoms with E-state index in [-0.39, 0.29) is 13.1 Å². The van der Waals surface area contributed by atoms with E-state index in [9.17, 15) is 4.79 Å². The number of fused-ring (bicyclic) bond motifs is 1. The number of rotatable bonds is 5. The third kappa shape index (κ3) is 7.57. The summed E-state index contributed by atoms with van der Waals surface area (Å²) in [6.07, 6.45) is 3.13. The monoisotopic (exact) mass is 528 g/mol. The highest BCUT2D eigenvalue weighted by Crippen LogP contribution is 2.36. The van der Waals surface area contributed by atoms with Crippen LogP contribution >= 0.6 is 0 Å². The smallest absolute Gasteiger partial charge is 0.412 e. The van der Waals surface area contributed by atoms with Crippen molar-refractivity contribution in [3.8, 4) is 22.5 Å². The summed E-state index contributed by atoms with van der Waals surface area (Å²) in [7, 11) is 0. The summed E-state index contributed by atoms with van der Waals surface area (Å²) in [6, 6.07) is 24.5. The molecule has 1 amide bonds. The lowest BCUT2D eigenvalue weighted by Crippen LogP contribution is -2.14. The van der Waals surface area contributed by atoms with Crippen LogP contribution in [0.5, 0.6) is 0 Å². The third-order valence-corrected chi connectivity index (χ3v) is 6.54. The molecule has 39 heavy (non-hydrogen) atoms. The van der Waals surface area contributed by atoms with Gasteiger partial charge < -0.3 is 14.4 Å². The molecule has 3 aromatic carbocycles. The topological polar surface area (TPSA) is 102 Å². The van der Waals surface area contributed by atoms with Gasteiger partial charge in [0.05, 0.1) is 0 Å². The first-order valence-corrected chi connectivity index (χ1v) is 13.3. The minimum Gasteiger partial charge on any atom is -0.483 e. The highest BCUT2D eigenvalue weighted by atomic mass is 16.5. The van der Waals surface area contributed by atoms with Crippen LogP contribution in [0, 0.1) is 6.92 Å². The fourth-order valence-corrected chi connectivity index (χ4v) is 4.63. The molecule has 1 unspecified atom stereocenters. The van der Waals surface area contributed by atoms with Gasteiger partial charge in [-0.1, -0.05) is 98.7 Å². The lowest BCUT2D eigenvalue weighted by Gasteiger charge is -2.23. The fraction of sp³-hybridized carbons (Fsp3) is 0.281. The van der Waals surface area contributed by atoms with Crippen LogP contribution in [0.2, 0.25) is 0 Å². The standard InChI is InChI=1S/C29H28N2O3.C2H6.CH2O2/c1-19-7-6-10-25-17-24(15-16-26(19)25)22-11-13-23(14-12-22)28-27(20(2)31-34-28)30-29(32)33-18-21-8-4-3-5-9-21;1-2;2-1-3/h3-5,8-9,11-17,19H,6-7,10,18H2,1-2H3,(H,30,32);1-2H3;1H,(H,2,3). The van der Waals surface area contributed by atoms with E-state index >= 15 is 0 Å². The minimum atomic E-state index is -0.545. The van der Waals surface area contributed by atoms with Crippen molar-refractivity contribution in [3.63, 3.8) is 0 Å². The van der Waals surface area contributed by atoms with Crippen molar-refractivity contribution in [3.05, 3.63) is 95.2 Å². The zero-order valence-corrected chi connectivity index (χ0v) is 22.9. The fourth-order valence-electron chi connectivity index (χ4n) is 4.63. The molecule has 7 nitrogen and oxygen atoms in total. The number of ether oxygens (including phenoxy) is 1. The van der Waals surface area contributed by atoms with E-state index in [1.165, 1.54) is 29.5 Å². The number of carbonyl (C=O) groups excluding carboxylic acids is 1. The predicted molar refractivity (Wildman–Crippen MR) is 154 cm³/mol. The van der Waals surface area contributed by atoms with Crippen LogP contribution in [0.4, 0.5) is 10.5 Å². The van der Waals surface area contributed by atoms with Crippen molar-refractivity contribution in [2.75, 3.05) is 5.32 Å². The molecule has 2 N–H and O–H groups in total. The molecule has 0 radical (unpaired) electrons. The van der Waals surface area contributed by atoms with Gasteiger partial charge in [0.1, 0.15) is 18.0 Å². The van der Waals surface area contributed by atoms with Gasteiger partial charge in [-0.25, -0.2) is 4.79 Å². The zero-order chi connectivity index (χ0) is 28.2. The van der Waals surface area contributed by atoms with Crippen LogP contribution in [-0.4, -0.2) is 22.8 Å². The third-order valence-electron chi connectivity index (χ3n) is 6.54. The molecular weight excluding hydrogens is 492 g/mol. The van der Waals surface area contributed by atoms with E-state index in [1.54, 1.807) is 6.92 Å². The second-order valence-corrected chi connectivity index (χ2v) is 9.05. The van der Waals surface area contributed by atoms with Crippen molar-refractivity contribution in [1.82, 2.24) is 5.16 Å². The second kappa shape index (κ2) is 14.5. The van der Waals surface area contributed by atoms with Crippen molar-refractivity contribution < 1.29 is 24.0 Å². The molecule has 5 rings (SSSR count). The van der Waals surface area contributed by atoms with Gasteiger partial charge in [-0.15, -0.1) is 0 Å². The van der Waals surface area contributed by atoms with Crippen LogP contribution in [0.25, 0.3) is 22.5 Å². The normalized spacial score (nSPS) is 13.5. The van der Waals surface area contributed by atoms with E-state index in [4.69, 9.17) is 19.2 Å².